The fraction of sp³-hybridized carbons (Fsp3) is 0.286. The quantitative estimate of drug-likeness (QED) is 0.727. The smallest absolute Gasteiger partial charge is 0.226 e. The van der Waals surface area contributed by atoms with Gasteiger partial charge in [-0.05, 0) is 36.1 Å². The highest BCUT2D eigenvalue weighted by Crippen LogP contribution is 2.27. The molecule has 3 aromatic rings. The van der Waals surface area contributed by atoms with Crippen molar-refractivity contribution in [2.45, 2.75) is 31.7 Å². The van der Waals surface area contributed by atoms with Gasteiger partial charge in [-0.1, -0.05) is 36.4 Å². The molecular formula is C21H21N2O. The number of pyridine rings is 1. The molecule has 2 heterocycles. The van der Waals surface area contributed by atoms with Crippen molar-refractivity contribution in [3.8, 4) is 0 Å². The summed E-state index contributed by atoms with van der Waals surface area (Å²) < 4.78 is 2.22. The van der Waals surface area contributed by atoms with E-state index in [2.05, 4.69) is 28.8 Å². The number of nitrogens with zero attached hydrogens (tertiary/aromatic N) is 2. The third-order valence-corrected chi connectivity index (χ3v) is 5.07. The van der Waals surface area contributed by atoms with Crippen molar-refractivity contribution in [1.82, 2.24) is 9.30 Å². The van der Waals surface area contributed by atoms with E-state index in [0.29, 0.717) is 6.42 Å². The van der Waals surface area contributed by atoms with Crippen molar-refractivity contribution in [2.75, 3.05) is 7.05 Å². The highest BCUT2D eigenvalue weighted by molar-refractivity contribution is 5.79. The van der Waals surface area contributed by atoms with Gasteiger partial charge in [-0.2, -0.15) is 0 Å². The highest BCUT2D eigenvalue weighted by atomic mass is 16.2. The second kappa shape index (κ2) is 6.16. The van der Waals surface area contributed by atoms with Gasteiger partial charge in [-0.25, -0.2) is 0 Å². The van der Waals surface area contributed by atoms with Crippen molar-refractivity contribution >= 4 is 11.4 Å². The molecule has 24 heavy (non-hydrogen) atoms. The molecule has 1 aromatic carbocycles. The van der Waals surface area contributed by atoms with Crippen molar-refractivity contribution in [3.63, 3.8) is 0 Å². The van der Waals surface area contributed by atoms with Gasteiger partial charge in [-0.15, -0.1) is 0 Å². The van der Waals surface area contributed by atoms with Gasteiger partial charge in [0.1, 0.15) is 0 Å². The van der Waals surface area contributed by atoms with Gasteiger partial charge in [0, 0.05) is 37.5 Å². The summed E-state index contributed by atoms with van der Waals surface area (Å²) in [5, 5.41) is 0. The molecule has 4 rings (SSSR count). The third kappa shape index (κ3) is 2.71. The van der Waals surface area contributed by atoms with Gasteiger partial charge < -0.3 is 9.30 Å². The summed E-state index contributed by atoms with van der Waals surface area (Å²) in [6, 6.07) is 19.9. The second-order valence-corrected chi connectivity index (χ2v) is 6.57. The van der Waals surface area contributed by atoms with Gasteiger partial charge in [0.25, 0.3) is 0 Å². The second-order valence-electron chi connectivity index (χ2n) is 6.57. The maximum Gasteiger partial charge on any atom is 0.226 e. The summed E-state index contributed by atoms with van der Waals surface area (Å²) in [7, 11) is 1.94. The Balaban J connectivity index is 1.52. The SMILES string of the molecule is CN(C(=O)Cc1ccccc1)[C@@H]1CCc2[c]c3ccccn3c2C1. The molecule has 2 aromatic heterocycles. The Bertz CT molecular complexity index is 866. The van der Waals surface area contributed by atoms with E-state index in [4.69, 9.17) is 0 Å². The highest BCUT2D eigenvalue weighted by Gasteiger charge is 2.27. The van der Waals surface area contributed by atoms with Gasteiger partial charge in [-0.3, -0.25) is 4.79 Å². The van der Waals surface area contributed by atoms with E-state index in [-0.39, 0.29) is 11.9 Å². The summed E-state index contributed by atoms with van der Waals surface area (Å²) in [6.07, 6.45) is 5.48. The number of amides is 1. The lowest BCUT2D eigenvalue weighted by molar-refractivity contribution is -0.131. The normalized spacial score (nSPS) is 16.8. The number of fused-ring (bicyclic) bond motifs is 3. The minimum absolute atomic E-state index is 0.194. The van der Waals surface area contributed by atoms with E-state index < -0.39 is 0 Å². The molecule has 1 aliphatic carbocycles. The standard InChI is InChI=1S/C21H21N2O/c1-22(21(24)13-16-7-3-2-4-8-16)18-11-10-17-14-19-9-5-6-12-23(19)20(17)15-18/h2-9,12,18H,10-11,13,15H2,1H3/t18-/m1/s1. The van der Waals surface area contributed by atoms with E-state index in [1.807, 2.05) is 48.3 Å². The minimum atomic E-state index is 0.194. The zero-order valence-electron chi connectivity index (χ0n) is 13.9. The van der Waals surface area contributed by atoms with Crippen LogP contribution in [0, 0.1) is 6.07 Å². The van der Waals surface area contributed by atoms with Crippen LogP contribution in [0.1, 0.15) is 23.2 Å². The average Bonchev–Trinajstić information content (AvgIpc) is 2.99. The summed E-state index contributed by atoms with van der Waals surface area (Å²) in [4.78, 5) is 14.6. The molecule has 0 unspecified atom stereocenters. The number of hydrogen-bond donors (Lipinski definition) is 0. The Morgan fingerprint density at radius 2 is 2.00 bits per heavy atom. The first-order chi connectivity index (χ1) is 11.7. The van der Waals surface area contributed by atoms with E-state index in [0.717, 1.165) is 30.3 Å². The van der Waals surface area contributed by atoms with E-state index in [9.17, 15) is 4.79 Å². The Labute approximate surface area is 142 Å². The number of aromatic nitrogens is 1. The zero-order chi connectivity index (χ0) is 16.5. The van der Waals surface area contributed by atoms with Crippen molar-refractivity contribution < 1.29 is 4.79 Å². The van der Waals surface area contributed by atoms with Crippen molar-refractivity contribution in [1.29, 1.82) is 0 Å². The largest absolute Gasteiger partial charge is 0.342 e. The Morgan fingerprint density at radius 3 is 2.83 bits per heavy atom. The molecule has 0 N–H and O–H groups in total. The molecule has 1 aliphatic rings. The Kier molecular flexibility index (Phi) is 3.85. The molecule has 0 fully saturated rings. The summed E-state index contributed by atoms with van der Waals surface area (Å²) >= 11 is 0. The number of rotatable bonds is 3. The predicted molar refractivity (Wildman–Crippen MR) is 95.0 cm³/mol. The van der Waals surface area contributed by atoms with Crippen LogP contribution < -0.4 is 0 Å². The zero-order valence-corrected chi connectivity index (χ0v) is 13.9. The molecule has 1 atom stereocenters. The number of carbonyl (C=O) groups excluding carboxylic acids is 1. The van der Waals surface area contributed by atoms with Crippen LogP contribution in [0.25, 0.3) is 5.52 Å². The minimum Gasteiger partial charge on any atom is -0.342 e. The molecular weight excluding hydrogens is 296 g/mol. The van der Waals surface area contributed by atoms with Gasteiger partial charge in [0.15, 0.2) is 0 Å². The predicted octanol–water partition coefficient (Wildman–Crippen LogP) is 3.30. The summed E-state index contributed by atoms with van der Waals surface area (Å²) in [5.74, 6) is 0.194. The molecule has 0 spiro atoms. The van der Waals surface area contributed by atoms with Crippen LogP contribution in [0.4, 0.5) is 0 Å². The fourth-order valence-corrected chi connectivity index (χ4v) is 3.65. The molecule has 0 bridgehead atoms. The lowest BCUT2D eigenvalue weighted by atomic mass is 9.92. The molecule has 0 saturated heterocycles. The maximum absolute atomic E-state index is 12.6. The first-order valence-electron chi connectivity index (χ1n) is 8.52. The summed E-state index contributed by atoms with van der Waals surface area (Å²) in [5.41, 5.74) is 4.82. The summed E-state index contributed by atoms with van der Waals surface area (Å²) in [6.45, 7) is 0. The van der Waals surface area contributed by atoms with Gasteiger partial charge >= 0.3 is 0 Å². The van der Waals surface area contributed by atoms with Crippen LogP contribution in [0.3, 0.4) is 0 Å². The number of likely N-dealkylation sites (N-methyl/N-ethyl adjacent to an activating group) is 1. The lowest BCUT2D eigenvalue weighted by Crippen LogP contribution is -2.41. The first-order valence-corrected chi connectivity index (χ1v) is 8.52. The van der Waals surface area contributed by atoms with E-state index >= 15 is 0 Å². The molecule has 3 nitrogen and oxygen atoms in total. The number of carbonyl (C=O) groups is 1. The molecule has 3 heteroatoms. The topological polar surface area (TPSA) is 24.7 Å². The van der Waals surface area contributed by atoms with Crippen LogP contribution in [0.2, 0.25) is 0 Å². The molecule has 0 aliphatic heterocycles. The van der Waals surface area contributed by atoms with Crippen LogP contribution in [-0.2, 0) is 24.1 Å². The maximum atomic E-state index is 12.6. The average molecular weight is 317 g/mol. The van der Waals surface area contributed by atoms with Gasteiger partial charge in [0.05, 0.1) is 11.9 Å². The van der Waals surface area contributed by atoms with Crippen molar-refractivity contribution in [3.05, 3.63) is 77.6 Å². The number of aryl methyl sites for hydroxylation is 1. The molecule has 121 valence electrons. The Hall–Kier alpha value is -2.55. The van der Waals surface area contributed by atoms with E-state index in [1.54, 1.807) is 0 Å². The first kappa shape index (κ1) is 15.0. The third-order valence-electron chi connectivity index (χ3n) is 5.07. The molecule has 1 radical (unpaired) electrons. The van der Waals surface area contributed by atoms with Crippen LogP contribution in [-0.4, -0.2) is 28.3 Å². The lowest BCUT2D eigenvalue weighted by Gasteiger charge is -2.31. The van der Waals surface area contributed by atoms with E-state index in [1.165, 1.54) is 11.3 Å². The van der Waals surface area contributed by atoms with Gasteiger partial charge in [0.2, 0.25) is 5.91 Å². The molecule has 1 amide bonds. The Morgan fingerprint density at radius 1 is 1.21 bits per heavy atom. The van der Waals surface area contributed by atoms with Crippen LogP contribution >= 0.6 is 0 Å². The van der Waals surface area contributed by atoms with Crippen molar-refractivity contribution in [2.24, 2.45) is 0 Å². The number of hydrogen-bond acceptors (Lipinski definition) is 1. The number of benzene rings is 1. The molecule has 0 saturated carbocycles. The van der Waals surface area contributed by atoms with Crippen LogP contribution in [0.5, 0.6) is 0 Å². The fourth-order valence-electron chi connectivity index (χ4n) is 3.65. The monoisotopic (exact) mass is 317 g/mol. The van der Waals surface area contributed by atoms with Crippen LogP contribution in [0.15, 0.2) is 54.7 Å².